The molecule has 2 fully saturated rings. The predicted octanol–water partition coefficient (Wildman–Crippen LogP) is 2.04. The van der Waals surface area contributed by atoms with Gasteiger partial charge in [-0.3, -0.25) is 0 Å². The minimum absolute atomic E-state index is 0.0610. The van der Waals surface area contributed by atoms with Crippen molar-refractivity contribution < 1.29 is 34.3 Å². The van der Waals surface area contributed by atoms with Crippen LogP contribution in [0.2, 0.25) is 0 Å². The molecule has 0 spiro atoms. The molecule has 0 unspecified atom stereocenters. The first kappa shape index (κ1) is 26.5. The Morgan fingerprint density at radius 2 is 1.83 bits per heavy atom. The molecular weight excluding hydrogens is 462 g/mol. The Morgan fingerprint density at radius 1 is 1.14 bits per heavy atom. The quantitative estimate of drug-likeness (QED) is 0.241. The van der Waals surface area contributed by atoms with E-state index in [1.54, 1.807) is 6.92 Å². The molecule has 14 heteroatoms. The fourth-order valence-corrected chi connectivity index (χ4v) is 4.19. The van der Waals surface area contributed by atoms with Gasteiger partial charge in [0.05, 0.1) is 36.4 Å². The number of amides is 1. The Kier molecular flexibility index (Phi) is 9.52. The van der Waals surface area contributed by atoms with Crippen LogP contribution in [0.15, 0.2) is 40.6 Å². The number of ether oxygens (including phenoxy) is 3. The monoisotopic (exact) mass is 491 g/mol. The summed E-state index contributed by atoms with van der Waals surface area (Å²) in [5.41, 5.74) is 18.4. The van der Waals surface area contributed by atoms with Crippen molar-refractivity contribution in [1.29, 1.82) is 0 Å². The van der Waals surface area contributed by atoms with Crippen LogP contribution in [0.4, 0.5) is 4.79 Å². The van der Waals surface area contributed by atoms with Crippen LogP contribution < -0.4 is 5.32 Å². The molecule has 2 aliphatic rings. The molecule has 4 N–H and O–H groups in total. The summed E-state index contributed by atoms with van der Waals surface area (Å²) < 4.78 is 16.9. The largest absolute Gasteiger partial charge is 0.445 e. The van der Waals surface area contributed by atoms with Crippen molar-refractivity contribution in [2.75, 3.05) is 0 Å². The van der Waals surface area contributed by atoms with Crippen LogP contribution in [0.1, 0.15) is 31.7 Å². The first-order valence-electron chi connectivity index (χ1n) is 11.2. The summed E-state index contributed by atoms with van der Waals surface area (Å²) in [4.78, 5) is 17.6. The molecule has 14 nitrogen and oxygen atoms in total. The number of carbonyl (C=O) groups is 1. The van der Waals surface area contributed by atoms with Gasteiger partial charge in [0.1, 0.15) is 18.8 Å². The number of aliphatic hydroxyl groups is 3. The van der Waals surface area contributed by atoms with Gasteiger partial charge in [-0.2, -0.15) is 0 Å². The molecule has 190 valence electrons. The first-order valence-corrected chi connectivity index (χ1v) is 11.2. The molecule has 1 saturated carbocycles. The van der Waals surface area contributed by atoms with E-state index < -0.39 is 61.0 Å². The smallest absolute Gasteiger partial charge is 0.407 e. The topological polar surface area (TPSA) is 215 Å². The third-order valence-electron chi connectivity index (χ3n) is 6.12. The number of carbonyl (C=O) groups excluding carboxylic acids is 1. The lowest BCUT2D eigenvalue weighted by Crippen LogP contribution is -2.58. The molecule has 9 atom stereocenters. The summed E-state index contributed by atoms with van der Waals surface area (Å²) in [6, 6.07) is 6.72. The van der Waals surface area contributed by atoms with Gasteiger partial charge >= 0.3 is 6.09 Å². The molecule has 1 aliphatic carbocycles. The minimum atomic E-state index is -1.56. The number of rotatable bonds is 8. The molecule has 1 aliphatic heterocycles. The van der Waals surface area contributed by atoms with Crippen LogP contribution in [-0.2, 0) is 20.8 Å². The Hall–Kier alpha value is -3.09. The summed E-state index contributed by atoms with van der Waals surface area (Å²) >= 11 is 0. The second-order valence-corrected chi connectivity index (χ2v) is 8.54. The van der Waals surface area contributed by atoms with Gasteiger partial charge in [-0.15, -0.1) is 0 Å². The lowest BCUT2D eigenvalue weighted by atomic mass is 9.84. The molecule has 35 heavy (non-hydrogen) atoms. The maximum Gasteiger partial charge on any atom is 0.407 e. The molecule has 1 heterocycles. The van der Waals surface area contributed by atoms with Crippen LogP contribution in [0.3, 0.4) is 0 Å². The van der Waals surface area contributed by atoms with E-state index in [1.165, 1.54) is 0 Å². The molecule has 1 aromatic carbocycles. The molecule has 0 bridgehead atoms. The van der Waals surface area contributed by atoms with Gasteiger partial charge in [0, 0.05) is 9.82 Å². The summed E-state index contributed by atoms with van der Waals surface area (Å²) in [6.45, 7) is 1.82. The van der Waals surface area contributed by atoms with Crippen molar-refractivity contribution in [3.8, 4) is 0 Å². The van der Waals surface area contributed by atoms with Crippen molar-refractivity contribution in [3.05, 3.63) is 56.8 Å². The number of azide groups is 2. The average molecular weight is 492 g/mol. The number of hydrogen-bond donors (Lipinski definition) is 4. The highest BCUT2D eigenvalue weighted by atomic mass is 16.7. The Labute approximate surface area is 201 Å². The maximum absolute atomic E-state index is 12.2. The number of aliphatic hydroxyl groups excluding tert-OH is 3. The van der Waals surface area contributed by atoms with Gasteiger partial charge < -0.3 is 34.8 Å². The molecule has 1 aromatic rings. The lowest BCUT2D eigenvalue weighted by Gasteiger charge is -2.43. The van der Waals surface area contributed by atoms with Crippen LogP contribution in [0, 0.1) is 0 Å². The second-order valence-electron chi connectivity index (χ2n) is 8.54. The van der Waals surface area contributed by atoms with E-state index >= 15 is 0 Å². The summed E-state index contributed by atoms with van der Waals surface area (Å²) in [5.74, 6) is 0. The SMILES string of the molecule is C[C@@H](NC(=O)OCc1ccccc1)[C@@H]1CC[C@H](O)[C@@H](O[C@H]2[C@H](O)[C@@H](O)[C@H](N=[N+]=[N-])C[C@@H]2N=[N+]=[N-])O1. The summed E-state index contributed by atoms with van der Waals surface area (Å²) in [7, 11) is 0. The molecular formula is C21H29N7O7. The van der Waals surface area contributed by atoms with Crippen molar-refractivity contribution in [2.24, 2.45) is 10.2 Å². The maximum atomic E-state index is 12.2. The fraction of sp³-hybridized carbons (Fsp3) is 0.667. The molecule has 0 aromatic heterocycles. The average Bonchev–Trinajstić information content (AvgIpc) is 2.85. The predicted molar refractivity (Wildman–Crippen MR) is 120 cm³/mol. The number of nitrogens with zero attached hydrogens (tertiary/aromatic N) is 6. The van der Waals surface area contributed by atoms with Crippen molar-refractivity contribution >= 4 is 6.09 Å². The van der Waals surface area contributed by atoms with E-state index in [4.69, 9.17) is 25.3 Å². The van der Waals surface area contributed by atoms with Gasteiger partial charge in [-0.05, 0) is 42.8 Å². The summed E-state index contributed by atoms with van der Waals surface area (Å²) in [6.07, 6.45) is -7.08. The molecule has 0 radical (unpaired) electrons. The Balaban J connectivity index is 1.59. The Bertz CT molecular complexity index is 941. The molecule has 3 rings (SSSR count). The highest BCUT2D eigenvalue weighted by molar-refractivity contribution is 5.67. The lowest BCUT2D eigenvalue weighted by molar-refractivity contribution is -0.281. The van der Waals surface area contributed by atoms with E-state index in [1.807, 2.05) is 30.3 Å². The minimum Gasteiger partial charge on any atom is -0.445 e. The van der Waals surface area contributed by atoms with Gasteiger partial charge in [-0.1, -0.05) is 40.6 Å². The third kappa shape index (κ3) is 6.96. The molecule has 1 amide bonds. The van der Waals surface area contributed by atoms with Crippen LogP contribution in [0.5, 0.6) is 0 Å². The zero-order chi connectivity index (χ0) is 25.4. The molecule has 1 saturated heterocycles. The van der Waals surface area contributed by atoms with Crippen molar-refractivity contribution in [3.63, 3.8) is 0 Å². The summed E-state index contributed by atoms with van der Waals surface area (Å²) in [5, 5.41) is 41.0. The Morgan fingerprint density at radius 3 is 2.51 bits per heavy atom. The van der Waals surface area contributed by atoms with E-state index in [0.717, 1.165) is 5.56 Å². The van der Waals surface area contributed by atoms with Crippen molar-refractivity contribution in [2.45, 2.75) is 87.7 Å². The highest BCUT2D eigenvalue weighted by Gasteiger charge is 2.46. The van der Waals surface area contributed by atoms with Gasteiger partial charge in [0.2, 0.25) is 0 Å². The number of hydrogen-bond acceptors (Lipinski definition) is 9. The van der Waals surface area contributed by atoms with E-state index in [-0.39, 0.29) is 19.4 Å². The zero-order valence-electron chi connectivity index (χ0n) is 19.1. The zero-order valence-corrected chi connectivity index (χ0v) is 19.1. The van der Waals surface area contributed by atoms with Crippen LogP contribution >= 0.6 is 0 Å². The number of alkyl carbamates (subject to hydrolysis) is 1. The van der Waals surface area contributed by atoms with E-state index in [9.17, 15) is 20.1 Å². The fourth-order valence-electron chi connectivity index (χ4n) is 4.19. The van der Waals surface area contributed by atoms with Gasteiger partial charge in [0.25, 0.3) is 0 Å². The highest BCUT2D eigenvalue weighted by Crippen LogP contribution is 2.31. The van der Waals surface area contributed by atoms with E-state index in [2.05, 4.69) is 25.4 Å². The normalized spacial score (nSPS) is 33.5. The van der Waals surface area contributed by atoms with Gasteiger partial charge in [0.15, 0.2) is 6.29 Å². The van der Waals surface area contributed by atoms with Crippen molar-refractivity contribution in [1.82, 2.24) is 5.32 Å². The standard InChI is InChI=1S/C21H29N7O7/c1-11(24-21(32)33-10-12-5-3-2-4-6-12)16-8-7-15(29)20(34-16)35-19-14(26-28-23)9-13(25-27-22)17(30)18(19)31/h2-6,11,13-20,29-31H,7-10H2,1H3,(H,24,32)/t11-,13-,14+,15+,16+,17+,18-,19-,20-/m1/s1. The number of benzene rings is 1. The third-order valence-corrected chi connectivity index (χ3v) is 6.12. The van der Waals surface area contributed by atoms with Gasteiger partial charge in [-0.25, -0.2) is 4.79 Å². The van der Waals surface area contributed by atoms with Crippen LogP contribution in [-0.4, -0.2) is 76.3 Å². The first-order chi connectivity index (χ1) is 16.8. The number of nitrogens with one attached hydrogen (secondary N) is 1. The van der Waals surface area contributed by atoms with Crippen LogP contribution in [0.25, 0.3) is 20.9 Å². The van der Waals surface area contributed by atoms with E-state index in [0.29, 0.717) is 6.42 Å². The second kappa shape index (κ2) is 12.6.